The Hall–Kier alpha value is -2.04. The first-order valence-corrected chi connectivity index (χ1v) is 10.4. The molecule has 2 aliphatic rings. The van der Waals surface area contributed by atoms with Crippen molar-refractivity contribution in [3.8, 4) is 0 Å². The molecule has 1 aromatic heterocycles. The summed E-state index contributed by atoms with van der Waals surface area (Å²) in [6.45, 7) is 3.42. The van der Waals surface area contributed by atoms with E-state index in [1.165, 1.54) is 0 Å². The number of amides is 1. The lowest BCUT2D eigenvalue weighted by Crippen LogP contribution is -2.25. The Labute approximate surface area is 174 Å². The zero-order valence-corrected chi connectivity index (χ0v) is 17.1. The zero-order valence-electron chi connectivity index (χ0n) is 15.6. The smallest absolute Gasteiger partial charge is 0.227 e. The number of aryl methyl sites for hydroxylation is 1. The van der Waals surface area contributed by atoms with Crippen molar-refractivity contribution < 1.29 is 4.79 Å². The second-order valence-electron chi connectivity index (χ2n) is 7.92. The van der Waals surface area contributed by atoms with E-state index in [9.17, 15) is 4.79 Å². The van der Waals surface area contributed by atoms with Crippen LogP contribution in [0.1, 0.15) is 30.1 Å². The van der Waals surface area contributed by atoms with E-state index in [0.717, 1.165) is 41.1 Å². The largest absolute Gasteiger partial charge is 0.327 e. The fourth-order valence-corrected chi connectivity index (χ4v) is 4.78. The number of carbonyl (C=O) groups is 1. The van der Waals surface area contributed by atoms with Crippen molar-refractivity contribution in [2.75, 3.05) is 11.4 Å². The molecule has 1 saturated heterocycles. The van der Waals surface area contributed by atoms with E-state index < -0.39 is 4.33 Å². The van der Waals surface area contributed by atoms with E-state index in [1.54, 1.807) is 0 Å². The summed E-state index contributed by atoms with van der Waals surface area (Å²) < 4.78 is 1.59. The SMILES string of the molecule is Cc1ccccc1N1CC(c2nc3ccccc3n2CC2CC2(Cl)Cl)CC1=O. The van der Waals surface area contributed by atoms with Crippen LogP contribution in [0.15, 0.2) is 48.5 Å². The first-order valence-electron chi connectivity index (χ1n) is 9.63. The fraction of sp³-hybridized carbons (Fsp3) is 0.364. The minimum absolute atomic E-state index is 0.0540. The summed E-state index contributed by atoms with van der Waals surface area (Å²) in [4.78, 5) is 19.6. The van der Waals surface area contributed by atoms with Crippen molar-refractivity contribution in [3.05, 3.63) is 59.9 Å². The summed E-state index contributed by atoms with van der Waals surface area (Å²) in [5, 5.41) is 0. The van der Waals surface area contributed by atoms with Gasteiger partial charge in [0.2, 0.25) is 5.91 Å². The van der Waals surface area contributed by atoms with Crippen LogP contribution >= 0.6 is 23.2 Å². The van der Waals surface area contributed by atoms with E-state index in [2.05, 4.69) is 10.6 Å². The molecule has 1 aliphatic carbocycles. The van der Waals surface area contributed by atoms with Gasteiger partial charge in [-0.15, -0.1) is 23.2 Å². The zero-order chi connectivity index (χ0) is 19.5. The van der Waals surface area contributed by atoms with Gasteiger partial charge in [-0.25, -0.2) is 4.98 Å². The number of anilines is 1. The van der Waals surface area contributed by atoms with E-state index in [-0.39, 0.29) is 17.7 Å². The third kappa shape index (κ3) is 2.99. The topological polar surface area (TPSA) is 38.1 Å². The number of halogens is 2. The van der Waals surface area contributed by atoms with Crippen molar-refractivity contribution in [2.24, 2.45) is 5.92 Å². The van der Waals surface area contributed by atoms with Crippen molar-refractivity contribution in [3.63, 3.8) is 0 Å². The highest BCUT2D eigenvalue weighted by molar-refractivity contribution is 6.50. The summed E-state index contributed by atoms with van der Waals surface area (Å²) in [6, 6.07) is 16.1. The quantitative estimate of drug-likeness (QED) is 0.560. The van der Waals surface area contributed by atoms with Crippen molar-refractivity contribution in [1.82, 2.24) is 9.55 Å². The van der Waals surface area contributed by atoms with E-state index in [1.807, 2.05) is 54.3 Å². The molecule has 2 fully saturated rings. The van der Waals surface area contributed by atoms with Gasteiger partial charge in [-0.05, 0) is 37.1 Å². The summed E-state index contributed by atoms with van der Waals surface area (Å²) >= 11 is 12.6. The van der Waals surface area contributed by atoms with E-state index in [0.29, 0.717) is 13.0 Å². The molecule has 2 atom stereocenters. The maximum absolute atomic E-state index is 12.8. The standard InChI is InChI=1S/C22H21Cl2N3O/c1-14-6-2-4-8-18(14)26-12-15(10-20(26)28)21-25-17-7-3-5-9-19(17)27(21)13-16-11-22(16,23)24/h2-9,15-16H,10-13H2,1H3. The average molecular weight is 414 g/mol. The second kappa shape index (κ2) is 6.50. The van der Waals surface area contributed by atoms with Gasteiger partial charge in [0.15, 0.2) is 0 Å². The van der Waals surface area contributed by atoms with Gasteiger partial charge in [0.1, 0.15) is 10.2 Å². The van der Waals surface area contributed by atoms with Crippen molar-refractivity contribution in [1.29, 1.82) is 0 Å². The summed E-state index contributed by atoms with van der Waals surface area (Å²) in [5.41, 5.74) is 4.13. The van der Waals surface area contributed by atoms with Crippen molar-refractivity contribution >= 4 is 45.8 Å². The van der Waals surface area contributed by atoms with Gasteiger partial charge in [-0.3, -0.25) is 4.79 Å². The number of alkyl halides is 2. The van der Waals surface area contributed by atoms with Crippen LogP contribution in [0, 0.1) is 12.8 Å². The maximum Gasteiger partial charge on any atom is 0.227 e. The number of rotatable bonds is 4. The molecular formula is C22H21Cl2N3O. The molecule has 2 unspecified atom stereocenters. The van der Waals surface area contributed by atoms with Gasteiger partial charge in [0, 0.05) is 37.0 Å². The number of nitrogens with zero attached hydrogens (tertiary/aromatic N) is 3. The minimum atomic E-state index is -0.638. The molecule has 2 heterocycles. The van der Waals surface area contributed by atoms with Gasteiger partial charge in [0.25, 0.3) is 0 Å². The molecule has 144 valence electrons. The number of imidazole rings is 1. The Kier molecular flexibility index (Phi) is 4.18. The Bertz CT molecular complexity index is 1070. The number of para-hydroxylation sites is 3. The third-order valence-corrected chi connectivity index (χ3v) is 6.86. The van der Waals surface area contributed by atoms with Crippen LogP contribution in [0.3, 0.4) is 0 Å². The van der Waals surface area contributed by atoms with Crippen LogP contribution in [-0.2, 0) is 11.3 Å². The second-order valence-corrected chi connectivity index (χ2v) is 9.47. The summed E-state index contributed by atoms with van der Waals surface area (Å²) in [5.74, 6) is 1.38. The molecule has 1 amide bonds. The van der Waals surface area contributed by atoms with Gasteiger partial charge < -0.3 is 9.47 Å². The van der Waals surface area contributed by atoms with Crippen LogP contribution in [0.5, 0.6) is 0 Å². The highest BCUT2D eigenvalue weighted by Crippen LogP contribution is 2.54. The highest BCUT2D eigenvalue weighted by Gasteiger charge is 2.52. The Morgan fingerprint density at radius 1 is 1.14 bits per heavy atom. The molecule has 0 radical (unpaired) electrons. The summed E-state index contributed by atoms with van der Waals surface area (Å²) in [7, 11) is 0. The number of hydrogen-bond donors (Lipinski definition) is 0. The molecule has 3 aromatic rings. The van der Waals surface area contributed by atoms with Crippen LogP contribution in [0.25, 0.3) is 11.0 Å². The molecule has 28 heavy (non-hydrogen) atoms. The minimum Gasteiger partial charge on any atom is -0.327 e. The Morgan fingerprint density at radius 3 is 2.61 bits per heavy atom. The molecule has 0 bridgehead atoms. The average Bonchev–Trinajstić information content (AvgIpc) is 2.99. The van der Waals surface area contributed by atoms with Gasteiger partial charge in [0.05, 0.1) is 11.0 Å². The fourth-order valence-electron chi connectivity index (χ4n) is 4.27. The molecular weight excluding hydrogens is 393 g/mol. The lowest BCUT2D eigenvalue weighted by atomic mass is 10.1. The van der Waals surface area contributed by atoms with E-state index in [4.69, 9.17) is 28.2 Å². The van der Waals surface area contributed by atoms with E-state index >= 15 is 0 Å². The first-order chi connectivity index (χ1) is 13.4. The Morgan fingerprint density at radius 2 is 1.86 bits per heavy atom. The number of fused-ring (bicyclic) bond motifs is 1. The van der Waals surface area contributed by atoms with Crippen LogP contribution < -0.4 is 4.90 Å². The predicted octanol–water partition coefficient (Wildman–Crippen LogP) is 5.06. The first kappa shape index (κ1) is 18.0. The molecule has 4 nitrogen and oxygen atoms in total. The molecule has 5 rings (SSSR count). The van der Waals surface area contributed by atoms with Crippen LogP contribution in [0.2, 0.25) is 0 Å². The van der Waals surface area contributed by atoms with Crippen LogP contribution in [0.4, 0.5) is 5.69 Å². The van der Waals surface area contributed by atoms with Gasteiger partial charge >= 0.3 is 0 Å². The number of hydrogen-bond acceptors (Lipinski definition) is 2. The van der Waals surface area contributed by atoms with Crippen LogP contribution in [-0.4, -0.2) is 26.3 Å². The molecule has 0 N–H and O–H groups in total. The lowest BCUT2D eigenvalue weighted by Gasteiger charge is -2.19. The molecule has 1 aliphatic heterocycles. The monoisotopic (exact) mass is 413 g/mol. The number of carbonyl (C=O) groups excluding carboxylic acids is 1. The normalized spacial score (nSPS) is 23.5. The number of aromatic nitrogens is 2. The summed E-state index contributed by atoms with van der Waals surface area (Å²) in [6.07, 6.45) is 1.26. The van der Waals surface area contributed by atoms with Crippen molar-refractivity contribution in [2.45, 2.75) is 36.6 Å². The lowest BCUT2D eigenvalue weighted by molar-refractivity contribution is -0.117. The van der Waals surface area contributed by atoms with Gasteiger partial charge in [-0.1, -0.05) is 30.3 Å². The molecule has 2 aromatic carbocycles. The molecule has 0 spiro atoms. The Balaban J connectivity index is 1.51. The third-order valence-electron chi connectivity index (χ3n) is 5.94. The van der Waals surface area contributed by atoms with Gasteiger partial charge in [-0.2, -0.15) is 0 Å². The maximum atomic E-state index is 12.8. The molecule has 6 heteroatoms. The predicted molar refractivity (Wildman–Crippen MR) is 113 cm³/mol. The highest BCUT2D eigenvalue weighted by atomic mass is 35.5. The molecule has 1 saturated carbocycles. The number of benzene rings is 2.